The van der Waals surface area contributed by atoms with Crippen LogP contribution in [0.1, 0.15) is 60.0 Å². The highest BCUT2D eigenvalue weighted by Crippen LogP contribution is 2.59. The Hall–Kier alpha value is -3.52. The molecule has 5 aliphatic rings. The Morgan fingerprint density at radius 2 is 1.50 bits per heavy atom. The topological polar surface area (TPSA) is 55.8 Å². The molecule has 5 nitrogen and oxygen atoms in total. The Kier molecular flexibility index (Phi) is 7.59. The molecular weight excluding hydrogens is 563 g/mol. The molecule has 0 unspecified atom stereocenters. The summed E-state index contributed by atoms with van der Waals surface area (Å²) < 4.78 is 41.2. The minimum absolute atomic E-state index is 0.00304. The Morgan fingerprint density at radius 3 is 2.11 bits per heavy atom. The van der Waals surface area contributed by atoms with E-state index in [0.717, 1.165) is 49.1 Å². The lowest BCUT2D eigenvalue weighted by atomic mass is 9.49. The van der Waals surface area contributed by atoms with Crippen LogP contribution in [0.5, 0.6) is 5.75 Å². The molecule has 44 heavy (non-hydrogen) atoms. The quantitative estimate of drug-likeness (QED) is 0.297. The van der Waals surface area contributed by atoms with Crippen molar-refractivity contribution in [2.24, 2.45) is 23.2 Å². The second kappa shape index (κ2) is 11.4. The van der Waals surface area contributed by atoms with E-state index in [4.69, 9.17) is 0 Å². The van der Waals surface area contributed by atoms with Crippen LogP contribution >= 0.6 is 0 Å². The van der Waals surface area contributed by atoms with Crippen LogP contribution in [-0.2, 0) is 12.7 Å². The largest absolute Gasteiger partial charge is 0.508 e. The monoisotopic (exact) mass is 603 g/mol. The van der Waals surface area contributed by atoms with Crippen LogP contribution in [0.25, 0.3) is 11.1 Å². The van der Waals surface area contributed by atoms with Gasteiger partial charge in [0.2, 0.25) is 0 Å². The first-order chi connectivity index (χ1) is 21.1. The Bertz CT molecular complexity index is 1480. The van der Waals surface area contributed by atoms with Gasteiger partial charge in [0, 0.05) is 50.5 Å². The van der Waals surface area contributed by atoms with Gasteiger partial charge in [0.1, 0.15) is 5.75 Å². The molecule has 0 spiro atoms. The number of halogens is 3. The zero-order chi connectivity index (χ0) is 30.5. The first-order valence-corrected chi connectivity index (χ1v) is 16.0. The molecule has 1 aliphatic heterocycles. The van der Waals surface area contributed by atoms with E-state index in [0.29, 0.717) is 47.3 Å². The molecule has 1 saturated heterocycles. The molecule has 4 saturated carbocycles. The van der Waals surface area contributed by atoms with E-state index in [9.17, 15) is 23.1 Å². The van der Waals surface area contributed by atoms with Crippen molar-refractivity contribution in [1.82, 2.24) is 10.2 Å². The third-order valence-electron chi connectivity index (χ3n) is 10.6. The molecule has 0 radical (unpaired) electrons. The van der Waals surface area contributed by atoms with Crippen molar-refractivity contribution in [2.75, 3.05) is 37.6 Å². The summed E-state index contributed by atoms with van der Waals surface area (Å²) >= 11 is 0. The first kappa shape index (κ1) is 29.2. The Balaban J connectivity index is 0.948. The molecule has 8 heteroatoms. The number of phenolic OH excluding ortho intramolecular Hbond substituents is 1. The van der Waals surface area contributed by atoms with Crippen LogP contribution in [-0.4, -0.2) is 48.6 Å². The summed E-state index contributed by atoms with van der Waals surface area (Å²) in [6.45, 7) is 4.12. The maximum Gasteiger partial charge on any atom is 0.416 e. The van der Waals surface area contributed by atoms with Crippen LogP contribution in [0.15, 0.2) is 66.7 Å². The molecule has 5 fully saturated rings. The third kappa shape index (κ3) is 6.19. The normalized spacial score (nSPS) is 26.6. The maximum atomic E-state index is 13.7. The van der Waals surface area contributed by atoms with E-state index in [1.54, 1.807) is 18.2 Å². The number of piperazine rings is 1. The fourth-order valence-corrected chi connectivity index (χ4v) is 8.92. The van der Waals surface area contributed by atoms with E-state index < -0.39 is 11.7 Å². The van der Waals surface area contributed by atoms with Gasteiger partial charge < -0.3 is 15.3 Å². The Labute approximate surface area is 257 Å². The number of aromatic hydroxyl groups is 1. The Morgan fingerprint density at radius 1 is 0.841 bits per heavy atom. The van der Waals surface area contributed by atoms with E-state index >= 15 is 0 Å². The standard InChI is InChI=1S/C36H40F3N3O2/c37-36(38,39)31-16-27(15-30(17-31)29-2-1-3-33(43)18-29)22-41-8-10-42(11-9-41)32-6-4-28(5-7-32)34(44)40-23-35-19-24-12-25(20-35)14-26(13-24)21-35/h1-7,15-18,24-26,43H,8-14,19-23H2,(H,40,44). The first-order valence-electron chi connectivity index (χ1n) is 16.0. The van der Waals surface area contributed by atoms with Crippen molar-refractivity contribution in [3.8, 4) is 16.9 Å². The number of phenols is 1. The summed E-state index contributed by atoms with van der Waals surface area (Å²) in [7, 11) is 0. The summed E-state index contributed by atoms with van der Waals surface area (Å²) in [4.78, 5) is 17.5. The molecule has 3 aromatic carbocycles. The van der Waals surface area contributed by atoms with Crippen molar-refractivity contribution >= 4 is 11.6 Å². The van der Waals surface area contributed by atoms with Crippen LogP contribution < -0.4 is 10.2 Å². The highest BCUT2D eigenvalue weighted by Gasteiger charge is 2.50. The smallest absolute Gasteiger partial charge is 0.416 e. The van der Waals surface area contributed by atoms with Gasteiger partial charge in [0.05, 0.1) is 5.56 Å². The third-order valence-corrected chi connectivity index (χ3v) is 10.6. The minimum atomic E-state index is -4.46. The predicted molar refractivity (Wildman–Crippen MR) is 165 cm³/mol. The number of nitrogens with one attached hydrogen (secondary N) is 1. The van der Waals surface area contributed by atoms with Gasteiger partial charge in [0.15, 0.2) is 0 Å². The number of carbonyl (C=O) groups is 1. The highest BCUT2D eigenvalue weighted by molar-refractivity contribution is 5.94. The van der Waals surface area contributed by atoms with Gasteiger partial charge in [0.25, 0.3) is 5.91 Å². The van der Waals surface area contributed by atoms with Gasteiger partial charge in [-0.15, -0.1) is 0 Å². The van der Waals surface area contributed by atoms with E-state index in [1.165, 1.54) is 56.7 Å². The average molecular weight is 604 g/mol. The molecular formula is C36H40F3N3O2. The number of benzene rings is 3. The maximum absolute atomic E-state index is 13.7. The number of hydrogen-bond donors (Lipinski definition) is 2. The minimum Gasteiger partial charge on any atom is -0.508 e. The summed E-state index contributed by atoms with van der Waals surface area (Å²) in [5.41, 5.74) is 2.93. The average Bonchev–Trinajstić information content (AvgIpc) is 2.99. The van der Waals surface area contributed by atoms with E-state index in [2.05, 4.69) is 15.1 Å². The van der Waals surface area contributed by atoms with Gasteiger partial charge in [-0.1, -0.05) is 12.1 Å². The lowest BCUT2D eigenvalue weighted by Crippen LogP contribution is -2.51. The number of rotatable bonds is 7. The number of amides is 1. The fraction of sp³-hybridized carbons (Fsp3) is 0.472. The molecule has 1 amide bonds. The van der Waals surface area contributed by atoms with Gasteiger partial charge in [-0.05, 0) is 133 Å². The van der Waals surface area contributed by atoms with Crippen LogP contribution in [0.2, 0.25) is 0 Å². The van der Waals surface area contributed by atoms with Gasteiger partial charge >= 0.3 is 6.18 Å². The van der Waals surface area contributed by atoms with Crippen molar-refractivity contribution in [3.63, 3.8) is 0 Å². The predicted octanol–water partition coefficient (Wildman–Crippen LogP) is 7.35. The van der Waals surface area contributed by atoms with Gasteiger partial charge in [-0.3, -0.25) is 9.69 Å². The highest BCUT2D eigenvalue weighted by atomic mass is 19.4. The molecule has 232 valence electrons. The van der Waals surface area contributed by atoms with Crippen LogP contribution in [0.4, 0.5) is 18.9 Å². The number of nitrogens with zero attached hydrogens (tertiary/aromatic N) is 2. The zero-order valence-electron chi connectivity index (χ0n) is 25.0. The molecule has 4 aliphatic carbocycles. The SMILES string of the molecule is O=C(NCC12CC3CC(CC(C3)C1)C2)c1ccc(N2CCN(Cc3cc(-c4cccc(O)c4)cc(C(F)(F)F)c3)CC2)cc1. The summed E-state index contributed by atoms with van der Waals surface area (Å²) in [6.07, 6.45) is 3.56. The molecule has 1 heterocycles. The molecule has 3 aromatic rings. The fourth-order valence-electron chi connectivity index (χ4n) is 8.92. The lowest BCUT2D eigenvalue weighted by molar-refractivity contribution is -0.137. The summed E-state index contributed by atoms with van der Waals surface area (Å²) in [5.74, 6) is 2.62. The number of alkyl halides is 3. The summed E-state index contributed by atoms with van der Waals surface area (Å²) in [5, 5.41) is 13.1. The van der Waals surface area contributed by atoms with Crippen molar-refractivity contribution in [3.05, 3.63) is 83.4 Å². The molecule has 0 atom stereocenters. The second-order valence-corrected chi connectivity index (χ2v) is 13.9. The molecule has 8 rings (SSSR count). The lowest BCUT2D eigenvalue weighted by Gasteiger charge is -2.56. The number of carbonyl (C=O) groups excluding carboxylic acids is 1. The molecule has 2 N–H and O–H groups in total. The number of anilines is 1. The van der Waals surface area contributed by atoms with Crippen LogP contribution in [0, 0.1) is 23.2 Å². The summed E-state index contributed by atoms with van der Waals surface area (Å²) in [6, 6.07) is 18.3. The molecule has 0 aromatic heterocycles. The van der Waals surface area contributed by atoms with Crippen molar-refractivity contribution in [2.45, 2.75) is 51.2 Å². The van der Waals surface area contributed by atoms with Crippen molar-refractivity contribution < 1.29 is 23.1 Å². The van der Waals surface area contributed by atoms with Crippen LogP contribution in [0.3, 0.4) is 0 Å². The van der Waals surface area contributed by atoms with E-state index in [1.807, 2.05) is 24.3 Å². The zero-order valence-corrected chi connectivity index (χ0v) is 25.0. The van der Waals surface area contributed by atoms with Crippen molar-refractivity contribution in [1.29, 1.82) is 0 Å². The molecule has 4 bridgehead atoms. The number of hydrogen-bond acceptors (Lipinski definition) is 4. The van der Waals surface area contributed by atoms with Gasteiger partial charge in [-0.2, -0.15) is 13.2 Å². The van der Waals surface area contributed by atoms with E-state index in [-0.39, 0.29) is 11.7 Å². The van der Waals surface area contributed by atoms with Gasteiger partial charge in [-0.25, -0.2) is 0 Å². The second-order valence-electron chi connectivity index (χ2n) is 13.9.